The van der Waals surface area contributed by atoms with E-state index in [0.29, 0.717) is 5.69 Å². The zero-order valence-corrected chi connectivity index (χ0v) is 7.35. The number of hydrogen-bond acceptors (Lipinski definition) is 2. The minimum atomic E-state index is 0.579. The van der Waals surface area contributed by atoms with Crippen LogP contribution in [0.3, 0.4) is 0 Å². The second-order valence-electron chi connectivity index (χ2n) is 2.24. The van der Waals surface area contributed by atoms with Crippen molar-refractivity contribution >= 4 is 19.4 Å². The number of aliphatic hydroxyl groups excluding tert-OH is 1. The van der Waals surface area contributed by atoms with Gasteiger partial charge in [0, 0.05) is 12.5 Å². The monoisotopic (exact) mass is 167 g/mol. The molecule has 0 radical (unpaired) electrons. The standard InChI is InChI=1S/C8H9NO.CH4O/c1-5-6(2)8(4-10)9-7(5)3;1-2/h4,9H,1,3H2,2H3;2H,1H3. The highest BCUT2D eigenvalue weighted by Gasteiger charge is 1.98. The van der Waals surface area contributed by atoms with E-state index in [9.17, 15) is 4.79 Å². The Morgan fingerprint density at radius 3 is 2.08 bits per heavy atom. The number of hydrogen-bond donors (Lipinski definition) is 2. The zero-order chi connectivity index (χ0) is 9.72. The predicted octanol–water partition coefficient (Wildman–Crippen LogP) is -0.435. The zero-order valence-electron chi connectivity index (χ0n) is 7.35. The van der Waals surface area contributed by atoms with Gasteiger partial charge in [0.2, 0.25) is 0 Å². The lowest BCUT2D eigenvalue weighted by Crippen LogP contribution is -2.19. The third kappa shape index (κ3) is 1.83. The van der Waals surface area contributed by atoms with Crippen molar-refractivity contribution in [3.8, 4) is 0 Å². The fraction of sp³-hybridized carbons (Fsp3) is 0.222. The van der Waals surface area contributed by atoms with E-state index in [1.807, 2.05) is 6.92 Å². The van der Waals surface area contributed by atoms with E-state index in [2.05, 4.69) is 18.1 Å². The molecule has 1 rings (SSSR count). The average Bonchev–Trinajstić information content (AvgIpc) is 2.36. The molecular weight excluding hydrogens is 154 g/mol. The lowest BCUT2D eigenvalue weighted by molar-refractivity contribution is 0.111. The summed E-state index contributed by atoms with van der Waals surface area (Å²) in [4.78, 5) is 13.1. The number of aldehydes is 1. The van der Waals surface area contributed by atoms with Gasteiger partial charge in [-0.2, -0.15) is 0 Å². The minimum absolute atomic E-state index is 0.579. The first-order valence-corrected chi connectivity index (χ1v) is 3.43. The highest BCUT2D eigenvalue weighted by Crippen LogP contribution is 1.89. The topological polar surface area (TPSA) is 53.1 Å². The number of rotatable bonds is 1. The molecule has 3 nitrogen and oxygen atoms in total. The van der Waals surface area contributed by atoms with Crippen molar-refractivity contribution < 1.29 is 9.90 Å². The van der Waals surface area contributed by atoms with Crippen molar-refractivity contribution in [2.24, 2.45) is 0 Å². The number of aromatic amines is 1. The van der Waals surface area contributed by atoms with Crippen LogP contribution in [0, 0.1) is 6.92 Å². The van der Waals surface area contributed by atoms with Gasteiger partial charge in [-0.25, -0.2) is 0 Å². The first-order chi connectivity index (χ1) is 5.66. The molecule has 0 spiro atoms. The summed E-state index contributed by atoms with van der Waals surface area (Å²) < 4.78 is 0. The first-order valence-electron chi connectivity index (χ1n) is 3.43. The maximum atomic E-state index is 10.3. The van der Waals surface area contributed by atoms with Crippen molar-refractivity contribution in [1.29, 1.82) is 0 Å². The molecular formula is C9H13NO2. The van der Waals surface area contributed by atoms with Crippen LogP contribution in [0.1, 0.15) is 16.1 Å². The summed E-state index contributed by atoms with van der Waals surface area (Å²) in [5.41, 5.74) is 1.47. The van der Waals surface area contributed by atoms with Crippen LogP contribution in [0.25, 0.3) is 13.2 Å². The fourth-order valence-electron chi connectivity index (χ4n) is 0.838. The Balaban J connectivity index is 0.000000561. The Morgan fingerprint density at radius 1 is 1.42 bits per heavy atom. The van der Waals surface area contributed by atoms with Gasteiger partial charge in [0.1, 0.15) is 0 Å². The molecule has 0 aliphatic carbocycles. The number of nitrogens with one attached hydrogen (secondary N) is 1. The molecule has 0 atom stereocenters. The van der Waals surface area contributed by atoms with Crippen LogP contribution in [0.4, 0.5) is 0 Å². The molecule has 0 amide bonds. The Morgan fingerprint density at radius 2 is 1.92 bits per heavy atom. The van der Waals surface area contributed by atoms with Crippen molar-refractivity contribution in [3.05, 3.63) is 21.8 Å². The van der Waals surface area contributed by atoms with Crippen molar-refractivity contribution in [1.82, 2.24) is 4.98 Å². The van der Waals surface area contributed by atoms with Gasteiger partial charge < -0.3 is 10.1 Å². The van der Waals surface area contributed by atoms with E-state index in [4.69, 9.17) is 5.11 Å². The first kappa shape index (κ1) is 10.7. The van der Waals surface area contributed by atoms with Gasteiger partial charge in [0.05, 0.1) is 5.69 Å². The maximum Gasteiger partial charge on any atom is 0.166 e. The lowest BCUT2D eigenvalue weighted by Gasteiger charge is -1.81. The van der Waals surface area contributed by atoms with Gasteiger partial charge in [0.15, 0.2) is 6.29 Å². The summed E-state index contributed by atoms with van der Waals surface area (Å²) in [6.07, 6.45) is 0.776. The minimum Gasteiger partial charge on any atom is -0.400 e. The summed E-state index contributed by atoms with van der Waals surface area (Å²) in [7, 11) is 1.00. The molecule has 0 fully saturated rings. The van der Waals surface area contributed by atoms with E-state index in [0.717, 1.165) is 29.5 Å². The van der Waals surface area contributed by atoms with Gasteiger partial charge >= 0.3 is 0 Å². The van der Waals surface area contributed by atoms with Crippen molar-refractivity contribution in [2.75, 3.05) is 7.11 Å². The van der Waals surface area contributed by atoms with Gasteiger partial charge in [-0.15, -0.1) is 0 Å². The predicted molar refractivity (Wildman–Crippen MR) is 49.4 cm³/mol. The summed E-state index contributed by atoms with van der Waals surface area (Å²) in [6.45, 7) is 9.25. The second kappa shape index (κ2) is 4.51. The van der Waals surface area contributed by atoms with E-state index >= 15 is 0 Å². The molecule has 0 aromatic carbocycles. The fourth-order valence-corrected chi connectivity index (χ4v) is 0.838. The smallest absolute Gasteiger partial charge is 0.166 e. The third-order valence-electron chi connectivity index (χ3n) is 1.62. The summed E-state index contributed by atoms with van der Waals surface area (Å²) >= 11 is 0. The van der Waals surface area contributed by atoms with Crippen LogP contribution in [0.5, 0.6) is 0 Å². The Bertz CT molecular complexity index is 351. The Hall–Kier alpha value is -1.35. The summed E-state index contributed by atoms with van der Waals surface area (Å²) in [5, 5.41) is 8.54. The van der Waals surface area contributed by atoms with E-state index in [1.165, 1.54) is 0 Å². The van der Waals surface area contributed by atoms with Crippen molar-refractivity contribution in [2.45, 2.75) is 6.92 Å². The van der Waals surface area contributed by atoms with Gasteiger partial charge in [0.25, 0.3) is 0 Å². The van der Waals surface area contributed by atoms with Crippen LogP contribution in [0.2, 0.25) is 0 Å². The number of carbonyl (C=O) groups excluding carboxylic acids is 1. The molecule has 1 heterocycles. The van der Waals surface area contributed by atoms with Gasteiger partial charge in [-0.1, -0.05) is 13.2 Å². The Labute approximate surface area is 71.0 Å². The lowest BCUT2D eigenvalue weighted by atomic mass is 10.2. The molecule has 0 saturated heterocycles. The number of aromatic nitrogens is 1. The van der Waals surface area contributed by atoms with Crippen LogP contribution in [-0.2, 0) is 0 Å². The molecule has 3 heteroatoms. The van der Waals surface area contributed by atoms with E-state index in [1.54, 1.807) is 0 Å². The number of carbonyl (C=O) groups is 1. The quantitative estimate of drug-likeness (QED) is 0.557. The molecule has 1 aromatic heterocycles. The van der Waals surface area contributed by atoms with Gasteiger partial charge in [-0.05, 0) is 17.7 Å². The Kier molecular flexibility index (Phi) is 4.00. The normalized spacial score (nSPS) is 8.58. The molecule has 0 unspecified atom stereocenters. The molecule has 0 bridgehead atoms. The molecule has 2 N–H and O–H groups in total. The molecule has 1 aromatic rings. The van der Waals surface area contributed by atoms with Crippen LogP contribution < -0.4 is 10.6 Å². The highest BCUT2D eigenvalue weighted by atomic mass is 16.2. The molecule has 12 heavy (non-hydrogen) atoms. The number of aliphatic hydroxyl groups is 1. The van der Waals surface area contributed by atoms with Crippen LogP contribution >= 0.6 is 0 Å². The largest absolute Gasteiger partial charge is 0.400 e. The second-order valence-corrected chi connectivity index (χ2v) is 2.24. The maximum absolute atomic E-state index is 10.3. The molecule has 0 aliphatic heterocycles. The van der Waals surface area contributed by atoms with E-state index in [-0.39, 0.29) is 0 Å². The molecule has 0 aliphatic rings. The van der Waals surface area contributed by atoms with Gasteiger partial charge in [-0.3, -0.25) is 4.79 Å². The van der Waals surface area contributed by atoms with E-state index < -0.39 is 0 Å². The molecule has 0 saturated carbocycles. The van der Waals surface area contributed by atoms with Crippen LogP contribution in [-0.4, -0.2) is 23.5 Å². The van der Waals surface area contributed by atoms with Crippen molar-refractivity contribution in [3.63, 3.8) is 0 Å². The highest BCUT2D eigenvalue weighted by molar-refractivity contribution is 5.74. The average molecular weight is 167 g/mol. The third-order valence-corrected chi connectivity index (χ3v) is 1.62. The molecule has 66 valence electrons. The number of H-pyrrole nitrogens is 1. The van der Waals surface area contributed by atoms with Crippen LogP contribution in [0.15, 0.2) is 0 Å². The summed E-state index contributed by atoms with van der Waals surface area (Å²) in [5.74, 6) is 0. The SMILES string of the molecule is C=c1[nH]c(C=O)c(C)c1=C.CO. The summed E-state index contributed by atoms with van der Waals surface area (Å²) in [6, 6.07) is 0.